The topological polar surface area (TPSA) is 9.23 Å². The third-order valence-electron chi connectivity index (χ3n) is 6.54. The molecular weight excluding hydrogens is 699 g/mol. The second-order valence-electron chi connectivity index (χ2n) is 11.4. The van der Waals surface area contributed by atoms with E-state index in [-0.39, 0.29) is 36.8 Å². The first-order valence-electron chi connectivity index (χ1n) is 13.0. The molecule has 1 aromatic carbocycles. The van der Waals surface area contributed by atoms with E-state index in [0.29, 0.717) is 18.5 Å². The van der Waals surface area contributed by atoms with Crippen LogP contribution in [-0.2, 0) is 10.9 Å². The number of hydrogen-bond acceptors (Lipinski definition) is 1. The number of halogens is 17. The highest BCUT2D eigenvalue weighted by molar-refractivity contribution is 7.75. The number of ether oxygens (including phenoxy) is 1. The molecule has 1 nitrogen and oxygen atoms in total. The summed E-state index contributed by atoms with van der Waals surface area (Å²) in [5.41, 5.74) is 0.897. The Bertz CT molecular complexity index is 1040. The lowest BCUT2D eigenvalue weighted by Gasteiger charge is -2.41. The Morgan fingerprint density at radius 1 is 0.622 bits per heavy atom. The smallest absolute Gasteiger partial charge is 0.460 e. The molecule has 0 radical (unpaired) electrons. The van der Waals surface area contributed by atoms with Crippen LogP contribution < -0.4 is 12.4 Å². The van der Waals surface area contributed by atoms with Crippen LogP contribution in [-0.4, -0.2) is 73.2 Å². The second-order valence-corrected chi connectivity index (χ2v) is 15.6. The van der Waals surface area contributed by atoms with E-state index in [9.17, 15) is 70.2 Å². The first-order chi connectivity index (χ1) is 19.5. The van der Waals surface area contributed by atoms with Gasteiger partial charge in [0.25, 0.3) is 6.36 Å². The van der Waals surface area contributed by atoms with Gasteiger partial charge in [0, 0.05) is 13.7 Å². The highest BCUT2D eigenvalue weighted by atomic mass is 35.5. The molecule has 0 N–H and O–H groups in total. The maximum atomic E-state index is 14.2. The molecule has 0 saturated carbocycles. The van der Waals surface area contributed by atoms with E-state index < -0.39 is 61.9 Å². The van der Waals surface area contributed by atoms with Crippen LogP contribution >= 0.6 is 7.26 Å². The van der Waals surface area contributed by atoms with Crippen molar-refractivity contribution in [2.24, 2.45) is 11.8 Å². The molecule has 0 heterocycles. The molecule has 0 spiro atoms. The average molecular weight is 731 g/mol. The van der Waals surface area contributed by atoms with E-state index in [2.05, 4.69) is 4.74 Å². The quantitative estimate of drug-likeness (QED) is 0.0913. The highest BCUT2D eigenvalue weighted by Gasteiger charge is 2.94. The van der Waals surface area contributed by atoms with Crippen molar-refractivity contribution in [2.75, 3.05) is 25.1 Å². The van der Waals surface area contributed by atoms with E-state index in [0.717, 1.165) is 5.56 Å². The lowest BCUT2D eigenvalue weighted by atomic mass is 9.91. The summed E-state index contributed by atoms with van der Waals surface area (Å²) >= 11 is 0. The Morgan fingerprint density at radius 2 is 1.02 bits per heavy atom. The zero-order valence-corrected chi connectivity index (χ0v) is 25.8. The Balaban J connectivity index is 0.0000194. The van der Waals surface area contributed by atoms with Crippen LogP contribution in [0, 0.1) is 11.8 Å². The molecule has 0 amide bonds. The van der Waals surface area contributed by atoms with Gasteiger partial charge in [0.1, 0.15) is 0 Å². The molecule has 45 heavy (non-hydrogen) atoms. The Hall–Kier alpha value is -1.22. The summed E-state index contributed by atoms with van der Waals surface area (Å²) in [6, 6.07) is 8.90. The molecule has 0 fully saturated rings. The molecule has 0 bridgehead atoms. The number of hydrogen-bond donors (Lipinski definition) is 0. The Labute approximate surface area is 256 Å². The third kappa shape index (κ3) is 8.83. The summed E-state index contributed by atoms with van der Waals surface area (Å²) in [6.45, 7) is 6.38. The molecular formula is C26H32ClF16OP. The minimum Gasteiger partial charge on any atom is -1.00 e. The second kappa shape index (κ2) is 14.9. The van der Waals surface area contributed by atoms with Crippen molar-refractivity contribution in [1.29, 1.82) is 0 Å². The minimum absolute atomic E-state index is 0. The first-order valence-corrected chi connectivity index (χ1v) is 15.6. The number of alkyl halides is 16. The van der Waals surface area contributed by atoms with Gasteiger partial charge in [-0.25, -0.2) is 4.39 Å². The van der Waals surface area contributed by atoms with Gasteiger partial charge in [0.05, 0.1) is 31.3 Å². The molecule has 1 atom stereocenters. The monoisotopic (exact) mass is 730 g/mol. The Morgan fingerprint density at radius 3 is 1.42 bits per heavy atom. The largest absolute Gasteiger partial charge is 1.00 e. The van der Waals surface area contributed by atoms with Gasteiger partial charge < -0.3 is 17.1 Å². The van der Waals surface area contributed by atoms with Crippen molar-refractivity contribution in [3.8, 4) is 0 Å². The van der Waals surface area contributed by atoms with Gasteiger partial charge in [-0.05, 0) is 17.4 Å². The Kier molecular flexibility index (Phi) is 14.5. The van der Waals surface area contributed by atoms with E-state index in [1.807, 2.05) is 39.8 Å². The van der Waals surface area contributed by atoms with Gasteiger partial charge >= 0.3 is 41.7 Å². The van der Waals surface area contributed by atoms with Crippen LogP contribution in [0.5, 0.6) is 0 Å². The summed E-state index contributed by atoms with van der Waals surface area (Å²) in [7, 11) is -2.06. The van der Waals surface area contributed by atoms with Gasteiger partial charge in [-0.3, -0.25) is 0 Å². The summed E-state index contributed by atoms with van der Waals surface area (Å²) in [5.74, 6) is -48.1. The van der Waals surface area contributed by atoms with Gasteiger partial charge in [0.2, 0.25) is 0 Å². The lowest BCUT2D eigenvalue weighted by Crippen LogP contribution is -3.00. The predicted octanol–water partition coefficient (Wildman–Crippen LogP) is 7.60. The summed E-state index contributed by atoms with van der Waals surface area (Å²) in [6.07, 6.45) is -11.0. The van der Waals surface area contributed by atoms with Crippen LogP contribution in [0.2, 0.25) is 0 Å². The summed E-state index contributed by atoms with van der Waals surface area (Å²) < 4.78 is 219. The van der Waals surface area contributed by atoms with E-state index in [4.69, 9.17) is 0 Å². The number of benzene rings is 1. The average Bonchev–Trinajstić information content (AvgIpc) is 2.84. The minimum atomic E-state index is -8.47. The van der Waals surface area contributed by atoms with Gasteiger partial charge in [-0.1, -0.05) is 58.0 Å². The molecule has 0 aliphatic rings. The fraction of sp³-hybridized carbons (Fsp3) is 0.769. The van der Waals surface area contributed by atoms with E-state index in [1.165, 1.54) is 0 Å². The zero-order chi connectivity index (χ0) is 34.8. The molecule has 0 aliphatic heterocycles. The van der Waals surface area contributed by atoms with Gasteiger partial charge in [-0.2, -0.15) is 65.9 Å². The van der Waals surface area contributed by atoms with Crippen molar-refractivity contribution in [3.05, 3.63) is 35.9 Å². The molecule has 0 aliphatic carbocycles. The zero-order valence-electron chi connectivity index (χ0n) is 24.1. The van der Waals surface area contributed by atoms with Crippen molar-refractivity contribution >= 4 is 7.26 Å². The van der Waals surface area contributed by atoms with Crippen LogP contribution in [0.4, 0.5) is 70.2 Å². The van der Waals surface area contributed by atoms with Crippen LogP contribution in [0.25, 0.3) is 0 Å². The van der Waals surface area contributed by atoms with Crippen molar-refractivity contribution in [3.63, 3.8) is 0 Å². The predicted molar refractivity (Wildman–Crippen MR) is 133 cm³/mol. The third-order valence-corrected chi connectivity index (χ3v) is 11.9. The summed E-state index contributed by atoms with van der Waals surface area (Å²) in [5, 5.41) is 0. The first kappa shape index (κ1) is 43.8. The van der Waals surface area contributed by atoms with Crippen LogP contribution in [0.15, 0.2) is 30.3 Å². The summed E-state index contributed by atoms with van der Waals surface area (Å²) in [4.78, 5) is 0. The maximum absolute atomic E-state index is 14.2. The normalized spacial score (nSPS) is 15.4. The van der Waals surface area contributed by atoms with Crippen molar-refractivity contribution < 1.29 is 87.4 Å². The van der Waals surface area contributed by atoms with Gasteiger partial charge in [0.15, 0.2) is 0 Å². The van der Waals surface area contributed by atoms with E-state index in [1.54, 1.807) is 18.2 Å². The molecule has 1 unspecified atom stereocenters. The SMILES string of the molecule is CC(C)C[P+](CCCOC(F)C(F)(F)C(F)(F)C(F)(F)C(F)(F)C(F)(F)C(F)(F)C(F)(F)F)(Cc1ccccc1)CC(C)C.[Cl-]. The maximum Gasteiger partial charge on any atom is 0.460 e. The van der Waals surface area contributed by atoms with Crippen LogP contribution in [0.3, 0.4) is 0 Å². The van der Waals surface area contributed by atoms with Crippen molar-refractivity contribution in [1.82, 2.24) is 0 Å². The van der Waals surface area contributed by atoms with Crippen molar-refractivity contribution in [2.45, 2.75) is 88.3 Å². The molecule has 0 saturated heterocycles. The molecule has 1 rings (SSSR count). The molecule has 266 valence electrons. The molecule has 0 aromatic heterocycles. The molecule has 1 aromatic rings. The highest BCUT2D eigenvalue weighted by Crippen LogP contribution is 2.65. The standard InChI is InChI=1S/C26H32F16OP.ClH/c1-16(2)13-44(14-17(3)4,15-18-9-6-5-7-10-18)12-8-11-43-19(27)20(28,29)21(30,31)22(32,33)23(34,35)24(36,37)25(38,39)26(40,41)42;/h5-7,9-10,16-17,19H,8,11-15H2,1-4H3;1H/q+1;/p-1. The fourth-order valence-electron chi connectivity index (χ4n) is 4.80. The molecule has 19 heteroatoms. The number of rotatable bonds is 17. The van der Waals surface area contributed by atoms with E-state index >= 15 is 0 Å². The van der Waals surface area contributed by atoms with Crippen LogP contribution in [0.1, 0.15) is 39.7 Å². The fourth-order valence-corrected chi connectivity index (χ4v) is 10.6. The lowest BCUT2D eigenvalue weighted by molar-refractivity contribution is -0.458. The van der Waals surface area contributed by atoms with Gasteiger partial charge in [-0.15, -0.1) is 0 Å².